The number of fused-ring (bicyclic) bond motifs is 1. The number of aromatic nitrogens is 4. The molecule has 0 atom stereocenters. The van der Waals surface area contributed by atoms with Gasteiger partial charge in [-0.1, -0.05) is 12.1 Å². The summed E-state index contributed by atoms with van der Waals surface area (Å²) in [5.41, 5.74) is 1.59. The van der Waals surface area contributed by atoms with Crippen molar-refractivity contribution in [3.63, 3.8) is 0 Å². The third-order valence-corrected chi connectivity index (χ3v) is 4.16. The predicted octanol–water partition coefficient (Wildman–Crippen LogP) is 1.14. The van der Waals surface area contributed by atoms with Gasteiger partial charge in [0.2, 0.25) is 5.65 Å². The number of benzene rings is 1. The highest BCUT2D eigenvalue weighted by atomic mass is 32.2. The Kier molecular flexibility index (Phi) is 3.30. The molecule has 0 radical (unpaired) electrons. The van der Waals surface area contributed by atoms with Crippen molar-refractivity contribution >= 4 is 21.3 Å². The monoisotopic (exact) mass is 303 g/mol. The smallest absolute Gasteiger partial charge is 0.203 e. The van der Waals surface area contributed by atoms with Crippen LogP contribution in [0.15, 0.2) is 47.9 Å². The summed E-state index contributed by atoms with van der Waals surface area (Å²) in [4.78, 5) is 4.53. The Bertz CT molecular complexity index is 871. The third-order valence-electron chi connectivity index (χ3n) is 3.03. The van der Waals surface area contributed by atoms with Crippen LogP contribution in [0.5, 0.6) is 0 Å². The molecule has 3 aromatic rings. The lowest BCUT2D eigenvalue weighted by atomic mass is 10.2. The fraction of sp³-hybridized carbons (Fsp3) is 0.154. The van der Waals surface area contributed by atoms with E-state index in [-0.39, 0.29) is 0 Å². The van der Waals surface area contributed by atoms with Crippen molar-refractivity contribution in [2.75, 3.05) is 11.6 Å². The number of nitrogens with zero attached hydrogens (tertiary/aromatic N) is 4. The van der Waals surface area contributed by atoms with E-state index in [2.05, 4.69) is 20.5 Å². The zero-order valence-corrected chi connectivity index (χ0v) is 12.1. The lowest BCUT2D eigenvalue weighted by Gasteiger charge is -2.07. The van der Waals surface area contributed by atoms with Gasteiger partial charge in [-0.15, -0.1) is 10.2 Å². The summed E-state index contributed by atoms with van der Waals surface area (Å²) in [6, 6.07) is 6.73. The lowest BCUT2D eigenvalue weighted by Crippen LogP contribution is -2.04. The first-order valence-corrected chi connectivity index (χ1v) is 8.10. The van der Waals surface area contributed by atoms with Crippen LogP contribution >= 0.6 is 0 Å². The van der Waals surface area contributed by atoms with Gasteiger partial charge in [0.1, 0.15) is 6.33 Å². The first-order chi connectivity index (χ1) is 10.0. The minimum Gasteiger partial charge on any atom is -0.363 e. The van der Waals surface area contributed by atoms with Gasteiger partial charge < -0.3 is 5.32 Å². The Morgan fingerprint density at radius 2 is 2.00 bits per heavy atom. The van der Waals surface area contributed by atoms with Gasteiger partial charge >= 0.3 is 0 Å². The quantitative estimate of drug-likeness (QED) is 0.777. The molecule has 0 aliphatic heterocycles. The molecule has 3 rings (SSSR count). The molecule has 0 fully saturated rings. The summed E-state index contributed by atoms with van der Waals surface area (Å²) in [6.45, 7) is 0.517. The van der Waals surface area contributed by atoms with Crippen molar-refractivity contribution in [2.45, 2.75) is 11.4 Å². The number of hydrogen-bond donors (Lipinski definition) is 1. The number of sulfone groups is 1. The van der Waals surface area contributed by atoms with Crippen LogP contribution in [0.25, 0.3) is 5.65 Å². The molecule has 0 amide bonds. The topological polar surface area (TPSA) is 89.2 Å². The van der Waals surface area contributed by atoms with Crippen molar-refractivity contribution in [3.8, 4) is 0 Å². The average molecular weight is 303 g/mol. The van der Waals surface area contributed by atoms with Crippen molar-refractivity contribution in [1.29, 1.82) is 0 Å². The Hall–Kier alpha value is -2.48. The Morgan fingerprint density at radius 3 is 2.71 bits per heavy atom. The predicted molar refractivity (Wildman–Crippen MR) is 77.7 cm³/mol. The second-order valence-electron chi connectivity index (χ2n) is 4.61. The highest BCUT2D eigenvalue weighted by Gasteiger charge is 2.07. The van der Waals surface area contributed by atoms with Gasteiger partial charge in [-0.2, -0.15) is 0 Å². The molecule has 0 aliphatic carbocycles. The summed E-state index contributed by atoms with van der Waals surface area (Å²) in [5.74, 6) is 0.627. The number of nitrogens with one attached hydrogen (secondary N) is 1. The highest BCUT2D eigenvalue weighted by molar-refractivity contribution is 7.90. The van der Waals surface area contributed by atoms with Crippen molar-refractivity contribution in [1.82, 2.24) is 19.6 Å². The average Bonchev–Trinajstić information content (AvgIpc) is 2.93. The van der Waals surface area contributed by atoms with E-state index in [1.54, 1.807) is 47.4 Å². The summed E-state index contributed by atoms with van der Waals surface area (Å²) in [7, 11) is -3.16. The van der Waals surface area contributed by atoms with Gasteiger partial charge in [-0.25, -0.2) is 13.4 Å². The summed E-state index contributed by atoms with van der Waals surface area (Å²) in [6.07, 6.45) is 6.21. The van der Waals surface area contributed by atoms with Gasteiger partial charge in [0.15, 0.2) is 15.7 Å². The number of anilines is 1. The molecule has 0 aliphatic rings. The van der Waals surface area contributed by atoms with Gasteiger partial charge in [0.25, 0.3) is 0 Å². The van der Waals surface area contributed by atoms with Crippen LogP contribution in [0, 0.1) is 0 Å². The lowest BCUT2D eigenvalue weighted by molar-refractivity contribution is 0.602. The van der Waals surface area contributed by atoms with E-state index >= 15 is 0 Å². The number of rotatable bonds is 4. The molecule has 7 nitrogen and oxygen atoms in total. The largest absolute Gasteiger partial charge is 0.363 e. The minimum absolute atomic E-state index is 0.309. The van der Waals surface area contributed by atoms with E-state index in [0.717, 1.165) is 5.56 Å². The summed E-state index contributed by atoms with van der Waals surface area (Å²) >= 11 is 0. The first kappa shape index (κ1) is 13.5. The molecule has 0 saturated carbocycles. The van der Waals surface area contributed by atoms with Gasteiger partial charge in [-0.05, 0) is 17.7 Å². The van der Waals surface area contributed by atoms with Crippen molar-refractivity contribution in [3.05, 3.63) is 48.5 Å². The van der Waals surface area contributed by atoms with Crippen LogP contribution in [-0.4, -0.2) is 34.3 Å². The van der Waals surface area contributed by atoms with E-state index in [4.69, 9.17) is 0 Å². The maximum Gasteiger partial charge on any atom is 0.203 e. The molecular formula is C13H13N5O2S. The van der Waals surface area contributed by atoms with E-state index in [0.29, 0.717) is 22.9 Å². The third kappa shape index (κ3) is 2.84. The fourth-order valence-electron chi connectivity index (χ4n) is 1.92. The fourth-order valence-corrected chi connectivity index (χ4v) is 2.55. The molecule has 21 heavy (non-hydrogen) atoms. The van der Waals surface area contributed by atoms with Crippen LogP contribution in [0.4, 0.5) is 5.82 Å². The standard InChI is InChI=1S/C13H13N5O2S/c1-21(19,20)11-4-2-10(3-5-11)8-15-12-13-17-16-9-18(13)7-6-14-12/h2-7,9H,8H2,1H3,(H,14,15). The molecule has 0 bridgehead atoms. The SMILES string of the molecule is CS(=O)(=O)c1ccc(CNc2nccn3cnnc23)cc1. The van der Waals surface area contributed by atoms with Crippen LogP contribution in [0.1, 0.15) is 5.56 Å². The zero-order valence-electron chi connectivity index (χ0n) is 11.3. The Morgan fingerprint density at radius 1 is 1.24 bits per heavy atom. The molecule has 0 spiro atoms. The molecule has 1 N–H and O–H groups in total. The second-order valence-corrected chi connectivity index (χ2v) is 6.62. The molecule has 1 aromatic carbocycles. The van der Waals surface area contributed by atoms with Crippen LogP contribution in [-0.2, 0) is 16.4 Å². The highest BCUT2D eigenvalue weighted by Crippen LogP contribution is 2.14. The first-order valence-electron chi connectivity index (χ1n) is 6.21. The van der Waals surface area contributed by atoms with Crippen molar-refractivity contribution < 1.29 is 8.42 Å². The molecule has 2 heterocycles. The summed E-state index contributed by atoms with van der Waals surface area (Å²) in [5, 5.41) is 11.0. The molecule has 108 valence electrons. The summed E-state index contributed by atoms with van der Waals surface area (Å²) < 4.78 is 24.6. The van der Waals surface area contributed by atoms with Crippen molar-refractivity contribution in [2.24, 2.45) is 0 Å². The Balaban J connectivity index is 1.77. The molecule has 0 saturated heterocycles. The Labute approximate surface area is 121 Å². The maximum atomic E-state index is 11.4. The van der Waals surface area contributed by atoms with Gasteiger partial charge in [0.05, 0.1) is 4.90 Å². The normalized spacial score (nSPS) is 11.7. The van der Waals surface area contributed by atoms with Crippen LogP contribution in [0.3, 0.4) is 0 Å². The molecule has 8 heteroatoms. The van der Waals surface area contributed by atoms with E-state index < -0.39 is 9.84 Å². The van der Waals surface area contributed by atoms with Crippen LogP contribution in [0.2, 0.25) is 0 Å². The molecular weight excluding hydrogens is 290 g/mol. The van der Waals surface area contributed by atoms with E-state index in [1.165, 1.54) is 6.26 Å². The minimum atomic E-state index is -3.16. The second kappa shape index (κ2) is 5.13. The number of hydrogen-bond acceptors (Lipinski definition) is 6. The maximum absolute atomic E-state index is 11.4. The zero-order chi connectivity index (χ0) is 14.9. The molecule has 2 aromatic heterocycles. The van der Waals surface area contributed by atoms with E-state index in [1.807, 2.05) is 0 Å². The van der Waals surface area contributed by atoms with Crippen LogP contribution < -0.4 is 5.32 Å². The van der Waals surface area contributed by atoms with Gasteiger partial charge in [0, 0.05) is 25.2 Å². The van der Waals surface area contributed by atoms with Gasteiger partial charge in [-0.3, -0.25) is 4.40 Å². The molecule has 0 unspecified atom stereocenters. The van der Waals surface area contributed by atoms with E-state index in [9.17, 15) is 8.42 Å².